The molecule has 0 aromatic carbocycles. The highest BCUT2D eigenvalue weighted by atomic mass is 35.5. The fourth-order valence-corrected chi connectivity index (χ4v) is 3.19. The molecule has 3 unspecified atom stereocenters. The van der Waals surface area contributed by atoms with Gasteiger partial charge in [0.25, 0.3) is 0 Å². The maximum atomic E-state index is 6.11. The van der Waals surface area contributed by atoms with Gasteiger partial charge in [0.1, 0.15) is 5.82 Å². The van der Waals surface area contributed by atoms with Gasteiger partial charge >= 0.3 is 0 Å². The fourth-order valence-electron chi connectivity index (χ4n) is 2.98. The van der Waals surface area contributed by atoms with Crippen LogP contribution in [0, 0.1) is 12.8 Å². The summed E-state index contributed by atoms with van der Waals surface area (Å²) in [5, 5.41) is -0.00574. The van der Waals surface area contributed by atoms with Gasteiger partial charge in [0.05, 0.1) is 5.38 Å². The van der Waals surface area contributed by atoms with E-state index in [1.807, 2.05) is 20.0 Å². The molecule has 0 spiro atoms. The smallest absolute Gasteiger partial charge is 0.131 e. The zero-order chi connectivity index (χ0) is 13.1. The summed E-state index contributed by atoms with van der Waals surface area (Å²) in [6, 6.07) is 0. The minimum absolute atomic E-state index is 0.00574. The third kappa shape index (κ3) is 3.03. The van der Waals surface area contributed by atoms with Crippen LogP contribution in [-0.2, 0) is 0 Å². The third-order valence-corrected chi connectivity index (χ3v) is 4.42. The summed E-state index contributed by atoms with van der Waals surface area (Å²) in [6.07, 6.45) is 8.40. The molecule has 3 atom stereocenters. The van der Waals surface area contributed by atoms with Gasteiger partial charge in [0.15, 0.2) is 0 Å². The van der Waals surface area contributed by atoms with Crippen LogP contribution >= 0.6 is 11.6 Å². The zero-order valence-electron chi connectivity index (χ0n) is 11.6. The first kappa shape index (κ1) is 13.8. The number of aromatic nitrogens is 2. The lowest BCUT2D eigenvalue weighted by atomic mass is 9.80. The van der Waals surface area contributed by atoms with Crippen molar-refractivity contribution in [2.24, 2.45) is 5.92 Å². The SMILES string of the molecule is CCC1CCCC(c2ncc(C(C)Cl)c(C)n2)C1. The van der Waals surface area contributed by atoms with Crippen molar-refractivity contribution in [2.75, 3.05) is 0 Å². The second-order valence-corrected chi connectivity index (χ2v) is 6.18. The van der Waals surface area contributed by atoms with Crippen molar-refractivity contribution in [1.29, 1.82) is 0 Å². The van der Waals surface area contributed by atoms with Gasteiger partial charge < -0.3 is 0 Å². The lowest BCUT2D eigenvalue weighted by Gasteiger charge is -2.27. The zero-order valence-corrected chi connectivity index (χ0v) is 12.4. The highest BCUT2D eigenvalue weighted by molar-refractivity contribution is 6.20. The van der Waals surface area contributed by atoms with Gasteiger partial charge in [-0.2, -0.15) is 0 Å². The number of aryl methyl sites for hydroxylation is 1. The Morgan fingerprint density at radius 1 is 1.44 bits per heavy atom. The molecule has 100 valence electrons. The minimum atomic E-state index is -0.00574. The van der Waals surface area contributed by atoms with Gasteiger partial charge in [0.2, 0.25) is 0 Å². The molecule has 1 aliphatic rings. The first-order valence-electron chi connectivity index (χ1n) is 7.09. The summed E-state index contributed by atoms with van der Waals surface area (Å²) >= 11 is 6.11. The molecule has 2 nitrogen and oxygen atoms in total. The van der Waals surface area contributed by atoms with E-state index in [0.717, 1.165) is 23.0 Å². The Hall–Kier alpha value is -0.630. The van der Waals surface area contributed by atoms with Crippen molar-refractivity contribution in [3.8, 4) is 0 Å². The maximum Gasteiger partial charge on any atom is 0.131 e. The van der Waals surface area contributed by atoms with Crippen molar-refractivity contribution in [2.45, 2.75) is 64.2 Å². The number of rotatable bonds is 3. The Balaban J connectivity index is 2.16. The molecule has 0 aliphatic heterocycles. The van der Waals surface area contributed by atoms with Crippen molar-refractivity contribution >= 4 is 11.6 Å². The Morgan fingerprint density at radius 2 is 2.22 bits per heavy atom. The van der Waals surface area contributed by atoms with Crippen LogP contribution in [0.1, 0.15) is 74.3 Å². The molecule has 18 heavy (non-hydrogen) atoms. The van der Waals surface area contributed by atoms with E-state index in [0.29, 0.717) is 5.92 Å². The van der Waals surface area contributed by atoms with Crippen LogP contribution in [0.4, 0.5) is 0 Å². The van der Waals surface area contributed by atoms with Crippen LogP contribution in [0.2, 0.25) is 0 Å². The van der Waals surface area contributed by atoms with Crippen LogP contribution in [-0.4, -0.2) is 9.97 Å². The van der Waals surface area contributed by atoms with Crippen LogP contribution in [0.25, 0.3) is 0 Å². The summed E-state index contributed by atoms with van der Waals surface area (Å²) in [5.41, 5.74) is 2.10. The third-order valence-electron chi connectivity index (χ3n) is 4.19. The van der Waals surface area contributed by atoms with Gasteiger partial charge in [-0.15, -0.1) is 11.6 Å². The van der Waals surface area contributed by atoms with E-state index in [1.54, 1.807) is 0 Å². The number of nitrogens with zero attached hydrogens (tertiary/aromatic N) is 2. The fraction of sp³-hybridized carbons (Fsp3) is 0.733. The van der Waals surface area contributed by atoms with Crippen LogP contribution < -0.4 is 0 Å². The summed E-state index contributed by atoms with van der Waals surface area (Å²) in [5.74, 6) is 2.45. The topological polar surface area (TPSA) is 25.8 Å². The number of hydrogen-bond donors (Lipinski definition) is 0. The predicted octanol–water partition coefficient (Wildman–Crippen LogP) is 4.77. The lowest BCUT2D eigenvalue weighted by Crippen LogP contribution is -2.16. The van der Waals surface area contributed by atoms with Crippen LogP contribution in [0.15, 0.2) is 6.20 Å². The first-order chi connectivity index (χ1) is 8.61. The summed E-state index contributed by atoms with van der Waals surface area (Å²) in [4.78, 5) is 9.25. The second-order valence-electron chi connectivity index (χ2n) is 5.52. The molecule has 2 rings (SSSR count). The van der Waals surface area contributed by atoms with Gasteiger partial charge in [-0.1, -0.05) is 26.2 Å². The van der Waals surface area contributed by atoms with Crippen molar-refractivity contribution in [3.63, 3.8) is 0 Å². The predicted molar refractivity (Wildman–Crippen MR) is 76.0 cm³/mol. The molecule has 0 amide bonds. The van der Waals surface area contributed by atoms with E-state index in [2.05, 4.69) is 11.9 Å². The first-order valence-corrected chi connectivity index (χ1v) is 7.53. The molecule has 0 N–H and O–H groups in total. The molecule has 1 saturated carbocycles. The normalized spacial score (nSPS) is 26.0. The Labute approximate surface area is 115 Å². The van der Waals surface area contributed by atoms with Crippen molar-refractivity contribution < 1.29 is 0 Å². The number of halogens is 1. The summed E-state index contributed by atoms with van der Waals surface area (Å²) in [7, 11) is 0. The maximum absolute atomic E-state index is 6.11. The van der Waals surface area contributed by atoms with Gasteiger partial charge in [-0.05, 0) is 32.6 Å². The molecule has 0 radical (unpaired) electrons. The standard InChI is InChI=1S/C15H23ClN2/c1-4-12-6-5-7-13(8-12)15-17-9-14(10(2)16)11(3)18-15/h9-10,12-13H,4-8H2,1-3H3. The van der Waals surface area contributed by atoms with Crippen LogP contribution in [0.5, 0.6) is 0 Å². The van der Waals surface area contributed by atoms with Gasteiger partial charge in [0, 0.05) is 23.4 Å². The quantitative estimate of drug-likeness (QED) is 0.737. The molecule has 0 saturated heterocycles. The molecule has 1 fully saturated rings. The molecule has 1 aliphatic carbocycles. The Kier molecular flexibility index (Phi) is 4.60. The van der Waals surface area contributed by atoms with E-state index < -0.39 is 0 Å². The molecule has 1 aromatic rings. The van der Waals surface area contributed by atoms with E-state index in [-0.39, 0.29) is 5.38 Å². The van der Waals surface area contributed by atoms with Crippen molar-refractivity contribution in [3.05, 3.63) is 23.3 Å². The second kappa shape index (κ2) is 6.01. The van der Waals surface area contributed by atoms with E-state index in [9.17, 15) is 0 Å². The summed E-state index contributed by atoms with van der Waals surface area (Å²) in [6.45, 7) is 6.30. The monoisotopic (exact) mass is 266 g/mol. The molecule has 3 heteroatoms. The van der Waals surface area contributed by atoms with Crippen molar-refractivity contribution in [1.82, 2.24) is 9.97 Å². The highest BCUT2D eigenvalue weighted by Crippen LogP contribution is 2.36. The molecular weight excluding hydrogens is 244 g/mol. The Bertz CT molecular complexity index is 403. The molecule has 1 aromatic heterocycles. The number of alkyl halides is 1. The summed E-state index contributed by atoms with van der Waals surface area (Å²) < 4.78 is 0. The van der Waals surface area contributed by atoms with E-state index in [1.165, 1.54) is 32.1 Å². The minimum Gasteiger partial charge on any atom is -0.241 e. The van der Waals surface area contributed by atoms with E-state index in [4.69, 9.17) is 16.6 Å². The number of hydrogen-bond acceptors (Lipinski definition) is 2. The molecular formula is C15H23ClN2. The van der Waals surface area contributed by atoms with Gasteiger partial charge in [-0.3, -0.25) is 0 Å². The Morgan fingerprint density at radius 3 is 2.83 bits per heavy atom. The average molecular weight is 267 g/mol. The van der Waals surface area contributed by atoms with Gasteiger partial charge in [-0.25, -0.2) is 9.97 Å². The molecule has 1 heterocycles. The molecule has 0 bridgehead atoms. The average Bonchev–Trinajstić information content (AvgIpc) is 2.38. The van der Waals surface area contributed by atoms with Crippen LogP contribution in [0.3, 0.4) is 0 Å². The lowest BCUT2D eigenvalue weighted by molar-refractivity contribution is 0.307. The van der Waals surface area contributed by atoms with E-state index >= 15 is 0 Å². The largest absolute Gasteiger partial charge is 0.241 e. The highest BCUT2D eigenvalue weighted by Gasteiger charge is 2.24.